The molecule has 0 aliphatic carbocycles. The van der Waals surface area contributed by atoms with E-state index in [-0.39, 0.29) is 30.1 Å². The maximum Gasteiger partial charge on any atom is 0.310 e. The van der Waals surface area contributed by atoms with Crippen LogP contribution in [0.5, 0.6) is 11.5 Å². The second-order valence-electron chi connectivity index (χ2n) is 5.56. The van der Waals surface area contributed by atoms with Gasteiger partial charge in [-0.05, 0) is 25.1 Å². The Morgan fingerprint density at radius 3 is 2.74 bits per heavy atom. The molecule has 8 heteroatoms. The van der Waals surface area contributed by atoms with E-state index in [1.807, 2.05) is 22.9 Å². The summed E-state index contributed by atoms with van der Waals surface area (Å²) in [6.45, 7) is 1.88. The number of halogens is 3. The lowest BCUT2D eigenvalue weighted by atomic mass is 10.0. The summed E-state index contributed by atoms with van der Waals surface area (Å²) in [5.41, 5.74) is 0.678. The number of aromatic nitrogens is 1. The van der Waals surface area contributed by atoms with Crippen molar-refractivity contribution in [2.45, 2.75) is 13.3 Å². The summed E-state index contributed by atoms with van der Waals surface area (Å²) in [4.78, 5) is 12.0. The zero-order valence-electron chi connectivity index (χ0n) is 14.1. The zero-order valence-corrected chi connectivity index (χ0v) is 16.3. The predicted molar refractivity (Wildman–Crippen MR) is 103 cm³/mol. The summed E-state index contributed by atoms with van der Waals surface area (Å²) in [6.07, 6.45) is 1.54. The van der Waals surface area contributed by atoms with E-state index in [1.165, 1.54) is 18.2 Å². The smallest absolute Gasteiger partial charge is 0.310 e. The van der Waals surface area contributed by atoms with E-state index in [2.05, 4.69) is 0 Å². The molecule has 0 saturated carbocycles. The molecule has 2 aromatic carbocycles. The van der Waals surface area contributed by atoms with Gasteiger partial charge in [0.05, 0.1) is 47.0 Å². The molecule has 27 heavy (non-hydrogen) atoms. The molecule has 0 aliphatic heterocycles. The van der Waals surface area contributed by atoms with E-state index in [4.69, 9.17) is 14.7 Å². The first-order valence-corrected chi connectivity index (χ1v) is 8.92. The molecule has 0 spiro atoms. The van der Waals surface area contributed by atoms with Crippen LogP contribution in [0.15, 0.2) is 36.5 Å². The molecule has 3 rings (SSSR count). The van der Waals surface area contributed by atoms with Crippen LogP contribution in [0.3, 0.4) is 0 Å². The summed E-state index contributed by atoms with van der Waals surface area (Å²) in [5, 5.41) is 9.59. The van der Waals surface area contributed by atoms with Crippen LogP contribution >= 0.6 is 22.9 Å². The highest BCUT2D eigenvalue weighted by Crippen LogP contribution is 2.36. The molecule has 0 radical (unpaired) electrons. The third kappa shape index (κ3) is 3.88. The lowest BCUT2D eigenvalue weighted by Crippen LogP contribution is -2.09. The van der Waals surface area contributed by atoms with Gasteiger partial charge in [-0.25, -0.2) is 8.78 Å². The topological polar surface area (TPSA) is 64.2 Å². The third-order valence-corrected chi connectivity index (χ3v) is 4.70. The Balaban J connectivity index is 2.12. The highest BCUT2D eigenvalue weighted by molar-refractivity contribution is 14.1. The van der Waals surface area contributed by atoms with Crippen molar-refractivity contribution in [3.63, 3.8) is 0 Å². The number of carbonyl (C=O) groups excluding carboxylic acids is 1. The highest BCUT2D eigenvalue weighted by Gasteiger charge is 2.21. The SMILES string of the molecule is CCOC(=O)Cc1c(Oc2ccc(F)c(C#N)c2)c(F)cc2c1ccn2I. The standard InChI is InChI=1S/C19H13F2IN2O3/c1-2-26-18(25)8-14-13-5-6-24(22)17(13)9-16(21)19(14)27-12-3-4-15(20)11(7-12)10-23/h3-7,9H,2,8H2,1H3. The van der Waals surface area contributed by atoms with E-state index >= 15 is 0 Å². The molecule has 3 aromatic rings. The van der Waals surface area contributed by atoms with Gasteiger partial charge in [-0.3, -0.25) is 7.58 Å². The zero-order chi connectivity index (χ0) is 19.6. The van der Waals surface area contributed by atoms with Crippen LogP contribution in [0.2, 0.25) is 0 Å². The summed E-state index contributed by atoms with van der Waals surface area (Å²) in [5.74, 6) is -1.97. The molecule has 0 amide bonds. The summed E-state index contributed by atoms with van der Waals surface area (Å²) >= 11 is 2.00. The second kappa shape index (κ2) is 7.92. The van der Waals surface area contributed by atoms with Gasteiger partial charge in [0.15, 0.2) is 11.6 Å². The Kier molecular flexibility index (Phi) is 5.60. The Bertz CT molecular complexity index is 1070. The predicted octanol–water partition coefficient (Wildman–Crippen LogP) is 4.89. The van der Waals surface area contributed by atoms with Crippen molar-refractivity contribution in [2.24, 2.45) is 0 Å². The molecule has 1 aromatic heterocycles. The van der Waals surface area contributed by atoms with Crippen LogP contribution in [-0.2, 0) is 16.0 Å². The van der Waals surface area contributed by atoms with E-state index in [9.17, 15) is 13.6 Å². The number of rotatable bonds is 5. The van der Waals surface area contributed by atoms with E-state index < -0.39 is 17.6 Å². The van der Waals surface area contributed by atoms with Crippen LogP contribution in [0.1, 0.15) is 18.1 Å². The molecule has 1 heterocycles. The maximum absolute atomic E-state index is 14.8. The number of esters is 1. The van der Waals surface area contributed by atoms with Gasteiger partial charge < -0.3 is 9.47 Å². The molecule has 0 aliphatic rings. The number of fused-ring (bicyclic) bond motifs is 1. The van der Waals surface area contributed by atoms with Crippen molar-refractivity contribution in [1.82, 2.24) is 2.78 Å². The Morgan fingerprint density at radius 2 is 2.04 bits per heavy atom. The monoisotopic (exact) mass is 482 g/mol. The van der Waals surface area contributed by atoms with Gasteiger partial charge in [-0.2, -0.15) is 5.26 Å². The van der Waals surface area contributed by atoms with Crippen molar-refractivity contribution in [3.05, 3.63) is 59.3 Å². The molecule has 138 valence electrons. The van der Waals surface area contributed by atoms with Crippen LogP contribution < -0.4 is 4.74 Å². The van der Waals surface area contributed by atoms with E-state index in [1.54, 1.807) is 28.0 Å². The fourth-order valence-electron chi connectivity index (χ4n) is 2.68. The third-order valence-electron chi connectivity index (χ3n) is 3.86. The van der Waals surface area contributed by atoms with Gasteiger partial charge in [-0.15, -0.1) is 0 Å². The van der Waals surface area contributed by atoms with Crippen molar-refractivity contribution in [3.8, 4) is 17.6 Å². The summed E-state index contributed by atoms with van der Waals surface area (Å²) in [6, 6.07) is 8.27. The minimum Gasteiger partial charge on any atom is -0.466 e. The first-order chi connectivity index (χ1) is 12.9. The quantitative estimate of drug-likeness (QED) is 0.384. The number of benzene rings is 2. The second-order valence-corrected chi connectivity index (χ2v) is 6.60. The average Bonchev–Trinajstić information content (AvgIpc) is 3.00. The summed E-state index contributed by atoms with van der Waals surface area (Å²) in [7, 11) is 0. The van der Waals surface area contributed by atoms with E-state index in [0.717, 1.165) is 6.07 Å². The van der Waals surface area contributed by atoms with Crippen molar-refractivity contribution >= 4 is 39.7 Å². The summed E-state index contributed by atoms with van der Waals surface area (Å²) < 4.78 is 40.6. The number of hydrogen-bond acceptors (Lipinski definition) is 4. The van der Waals surface area contributed by atoms with Gasteiger partial charge in [0.25, 0.3) is 0 Å². The molecular weight excluding hydrogens is 469 g/mol. The van der Waals surface area contributed by atoms with Gasteiger partial charge in [0.1, 0.15) is 17.6 Å². The Labute approximate surface area is 167 Å². The van der Waals surface area contributed by atoms with Crippen molar-refractivity contribution < 1.29 is 23.0 Å². The lowest BCUT2D eigenvalue weighted by molar-refractivity contribution is -0.142. The highest BCUT2D eigenvalue weighted by atomic mass is 127. The molecule has 0 fully saturated rings. The molecule has 5 nitrogen and oxygen atoms in total. The minimum atomic E-state index is -0.700. The number of hydrogen-bond donors (Lipinski definition) is 0. The van der Waals surface area contributed by atoms with Crippen LogP contribution in [0, 0.1) is 23.0 Å². The Morgan fingerprint density at radius 1 is 1.26 bits per heavy atom. The molecular formula is C19H13F2IN2O3. The first-order valence-electron chi connectivity index (χ1n) is 7.96. The molecule has 0 N–H and O–H groups in total. The lowest BCUT2D eigenvalue weighted by Gasteiger charge is -2.14. The average molecular weight is 482 g/mol. The number of nitrogens with zero attached hydrogens (tertiary/aromatic N) is 2. The molecule has 0 unspecified atom stereocenters. The normalized spacial score (nSPS) is 10.6. The molecule has 0 saturated heterocycles. The van der Waals surface area contributed by atoms with Crippen LogP contribution in [-0.4, -0.2) is 15.4 Å². The fraction of sp³-hybridized carbons (Fsp3) is 0.158. The van der Waals surface area contributed by atoms with Gasteiger partial charge >= 0.3 is 5.97 Å². The first kappa shape index (κ1) is 19.1. The molecule has 0 atom stereocenters. The minimum absolute atomic E-state index is 0.0882. The van der Waals surface area contributed by atoms with Gasteiger partial charge in [0.2, 0.25) is 0 Å². The van der Waals surface area contributed by atoms with Crippen molar-refractivity contribution in [1.29, 1.82) is 5.26 Å². The number of ether oxygens (including phenoxy) is 2. The van der Waals surface area contributed by atoms with Crippen molar-refractivity contribution in [2.75, 3.05) is 6.61 Å². The van der Waals surface area contributed by atoms with Crippen LogP contribution in [0.4, 0.5) is 8.78 Å². The van der Waals surface area contributed by atoms with Gasteiger partial charge in [0, 0.05) is 29.3 Å². The molecule has 0 bridgehead atoms. The van der Waals surface area contributed by atoms with E-state index in [0.29, 0.717) is 16.5 Å². The fourth-order valence-corrected chi connectivity index (χ4v) is 3.24. The van der Waals surface area contributed by atoms with Gasteiger partial charge in [-0.1, -0.05) is 0 Å². The maximum atomic E-state index is 14.8. The Hall–Kier alpha value is -2.67. The van der Waals surface area contributed by atoms with Crippen LogP contribution in [0.25, 0.3) is 10.9 Å². The largest absolute Gasteiger partial charge is 0.466 e. The number of carbonyl (C=O) groups is 1. The number of nitriles is 1.